The fraction of sp³-hybridized carbons (Fsp3) is 0.188. The summed E-state index contributed by atoms with van der Waals surface area (Å²) < 4.78 is 15.6. The van der Waals surface area contributed by atoms with Crippen molar-refractivity contribution in [3.8, 4) is 0 Å². The van der Waals surface area contributed by atoms with Gasteiger partial charge in [0.2, 0.25) is 11.9 Å². The van der Waals surface area contributed by atoms with Gasteiger partial charge in [-0.2, -0.15) is 5.10 Å². The van der Waals surface area contributed by atoms with Crippen LogP contribution in [0.4, 0.5) is 10.3 Å². The van der Waals surface area contributed by atoms with Crippen LogP contribution in [0.3, 0.4) is 0 Å². The van der Waals surface area contributed by atoms with Crippen LogP contribution in [0.1, 0.15) is 18.8 Å². The van der Waals surface area contributed by atoms with E-state index in [1.165, 1.54) is 19.3 Å². The SMILES string of the molecule is CC(F)c1nn(CC(=O)Nc2ncccn2)c(=O)c2cc(Br)ccc12. The lowest BCUT2D eigenvalue weighted by molar-refractivity contribution is -0.117. The van der Waals surface area contributed by atoms with Crippen LogP contribution in [-0.4, -0.2) is 25.7 Å². The first-order valence-electron chi connectivity index (χ1n) is 7.37. The Labute approximate surface area is 150 Å². The lowest BCUT2D eigenvalue weighted by Gasteiger charge is -2.12. The Bertz CT molecular complexity index is 991. The normalized spacial score (nSPS) is 12.1. The number of halogens is 2. The molecule has 7 nitrogen and oxygen atoms in total. The molecule has 1 N–H and O–H groups in total. The number of alkyl halides is 1. The lowest BCUT2D eigenvalue weighted by atomic mass is 10.1. The third-order valence-electron chi connectivity index (χ3n) is 3.44. The standard InChI is InChI=1S/C16H13BrFN5O2/c1-9(18)14-11-4-3-10(17)7-12(11)15(25)23(22-14)8-13(24)21-16-19-5-2-6-20-16/h2-7,9H,8H2,1H3,(H,19,20,21,24). The maximum absolute atomic E-state index is 14.0. The second kappa shape index (κ2) is 7.06. The average Bonchev–Trinajstić information content (AvgIpc) is 2.58. The number of fused-ring (bicyclic) bond motifs is 1. The van der Waals surface area contributed by atoms with Crippen LogP contribution in [0.15, 0.2) is 45.9 Å². The van der Waals surface area contributed by atoms with E-state index in [-0.39, 0.29) is 23.6 Å². The van der Waals surface area contributed by atoms with Gasteiger partial charge < -0.3 is 0 Å². The monoisotopic (exact) mass is 405 g/mol. The van der Waals surface area contributed by atoms with E-state index in [1.807, 2.05) is 0 Å². The molecule has 9 heteroatoms. The van der Waals surface area contributed by atoms with Crippen molar-refractivity contribution in [2.45, 2.75) is 19.6 Å². The predicted molar refractivity (Wildman–Crippen MR) is 93.9 cm³/mol. The van der Waals surface area contributed by atoms with E-state index in [0.29, 0.717) is 9.86 Å². The van der Waals surface area contributed by atoms with Crippen LogP contribution < -0.4 is 10.9 Å². The quantitative estimate of drug-likeness (QED) is 0.720. The third-order valence-corrected chi connectivity index (χ3v) is 3.93. The van der Waals surface area contributed by atoms with Crippen molar-refractivity contribution >= 4 is 38.6 Å². The molecule has 3 rings (SSSR count). The highest BCUT2D eigenvalue weighted by atomic mass is 79.9. The van der Waals surface area contributed by atoms with Gasteiger partial charge in [-0.3, -0.25) is 14.9 Å². The number of amides is 1. The van der Waals surface area contributed by atoms with Gasteiger partial charge in [-0.05, 0) is 25.1 Å². The van der Waals surface area contributed by atoms with Crippen molar-refractivity contribution in [1.29, 1.82) is 0 Å². The molecule has 1 atom stereocenters. The fourth-order valence-electron chi connectivity index (χ4n) is 2.35. The molecular formula is C16H13BrFN5O2. The van der Waals surface area contributed by atoms with Crippen molar-refractivity contribution in [1.82, 2.24) is 19.7 Å². The molecule has 1 unspecified atom stereocenters. The van der Waals surface area contributed by atoms with Crippen LogP contribution in [-0.2, 0) is 11.3 Å². The molecule has 0 radical (unpaired) electrons. The lowest BCUT2D eigenvalue weighted by Crippen LogP contribution is -2.31. The van der Waals surface area contributed by atoms with Crippen molar-refractivity contribution in [3.63, 3.8) is 0 Å². The van der Waals surface area contributed by atoms with Crippen molar-refractivity contribution in [2.24, 2.45) is 0 Å². The summed E-state index contributed by atoms with van der Waals surface area (Å²) in [7, 11) is 0. The van der Waals surface area contributed by atoms with Crippen LogP contribution in [0, 0.1) is 0 Å². The Balaban J connectivity index is 2.00. The van der Waals surface area contributed by atoms with Gasteiger partial charge in [0.05, 0.1) is 5.39 Å². The summed E-state index contributed by atoms with van der Waals surface area (Å²) in [5, 5.41) is 7.19. The molecule has 0 fully saturated rings. The highest BCUT2D eigenvalue weighted by molar-refractivity contribution is 9.10. The van der Waals surface area contributed by atoms with Crippen molar-refractivity contribution in [2.75, 3.05) is 5.32 Å². The molecule has 0 bridgehead atoms. The minimum Gasteiger partial charge on any atom is -0.293 e. The highest BCUT2D eigenvalue weighted by Crippen LogP contribution is 2.24. The van der Waals surface area contributed by atoms with E-state index in [4.69, 9.17) is 0 Å². The molecular weight excluding hydrogens is 393 g/mol. The van der Waals surface area contributed by atoms with Gasteiger partial charge in [0.25, 0.3) is 5.56 Å². The molecule has 128 valence electrons. The molecule has 2 aromatic heterocycles. The summed E-state index contributed by atoms with van der Waals surface area (Å²) in [5.74, 6) is -0.421. The van der Waals surface area contributed by atoms with E-state index >= 15 is 0 Å². The maximum Gasteiger partial charge on any atom is 0.275 e. The molecule has 0 aliphatic carbocycles. The molecule has 1 aromatic carbocycles. The largest absolute Gasteiger partial charge is 0.293 e. The molecule has 1 amide bonds. The summed E-state index contributed by atoms with van der Waals surface area (Å²) in [6.45, 7) is 0.954. The van der Waals surface area contributed by atoms with Gasteiger partial charge in [-0.1, -0.05) is 22.0 Å². The number of carbonyl (C=O) groups excluding carboxylic acids is 1. The van der Waals surface area contributed by atoms with Gasteiger partial charge in [-0.25, -0.2) is 19.0 Å². The molecule has 3 aromatic rings. The minimum absolute atomic E-state index is 0.103. The van der Waals surface area contributed by atoms with E-state index in [1.54, 1.807) is 24.3 Å². The molecule has 0 spiro atoms. The van der Waals surface area contributed by atoms with Crippen molar-refractivity contribution < 1.29 is 9.18 Å². The fourth-order valence-corrected chi connectivity index (χ4v) is 2.71. The van der Waals surface area contributed by atoms with Gasteiger partial charge in [-0.15, -0.1) is 0 Å². The number of nitrogens with one attached hydrogen (secondary N) is 1. The number of aromatic nitrogens is 4. The number of hydrogen-bond donors (Lipinski definition) is 1. The Morgan fingerprint density at radius 1 is 1.32 bits per heavy atom. The zero-order chi connectivity index (χ0) is 18.0. The smallest absolute Gasteiger partial charge is 0.275 e. The van der Waals surface area contributed by atoms with Crippen LogP contribution in [0.25, 0.3) is 10.8 Å². The number of rotatable bonds is 4. The second-order valence-electron chi connectivity index (χ2n) is 5.27. The number of nitrogens with zero attached hydrogens (tertiary/aromatic N) is 4. The zero-order valence-electron chi connectivity index (χ0n) is 13.1. The van der Waals surface area contributed by atoms with Crippen LogP contribution >= 0.6 is 15.9 Å². The first-order valence-corrected chi connectivity index (χ1v) is 8.16. The summed E-state index contributed by atoms with van der Waals surface area (Å²) in [6.07, 6.45) is 1.56. The summed E-state index contributed by atoms with van der Waals surface area (Å²) in [5.41, 5.74) is -0.379. The van der Waals surface area contributed by atoms with Gasteiger partial charge in [0.15, 0.2) is 0 Å². The number of anilines is 1. The van der Waals surface area contributed by atoms with Crippen molar-refractivity contribution in [3.05, 3.63) is 57.2 Å². The molecule has 2 heterocycles. The highest BCUT2D eigenvalue weighted by Gasteiger charge is 2.17. The van der Waals surface area contributed by atoms with E-state index < -0.39 is 17.6 Å². The van der Waals surface area contributed by atoms with E-state index in [2.05, 4.69) is 36.3 Å². The maximum atomic E-state index is 14.0. The van der Waals surface area contributed by atoms with Gasteiger partial charge >= 0.3 is 0 Å². The molecule has 25 heavy (non-hydrogen) atoms. The zero-order valence-corrected chi connectivity index (χ0v) is 14.7. The average molecular weight is 406 g/mol. The number of benzene rings is 1. The van der Waals surface area contributed by atoms with Crippen LogP contribution in [0.5, 0.6) is 0 Å². The molecule has 0 saturated heterocycles. The number of hydrogen-bond acceptors (Lipinski definition) is 5. The first kappa shape index (κ1) is 17.2. The number of carbonyl (C=O) groups is 1. The molecule has 0 aliphatic heterocycles. The van der Waals surface area contributed by atoms with E-state index in [9.17, 15) is 14.0 Å². The predicted octanol–water partition coefficient (Wildman–Crippen LogP) is 2.62. The first-order chi connectivity index (χ1) is 12.0. The second-order valence-corrected chi connectivity index (χ2v) is 6.19. The summed E-state index contributed by atoms with van der Waals surface area (Å²) in [6, 6.07) is 6.53. The summed E-state index contributed by atoms with van der Waals surface area (Å²) >= 11 is 3.29. The minimum atomic E-state index is -1.39. The van der Waals surface area contributed by atoms with Gasteiger partial charge in [0, 0.05) is 22.3 Å². The Hall–Kier alpha value is -2.68. The topological polar surface area (TPSA) is 89.8 Å². The third kappa shape index (κ3) is 3.71. The molecule has 0 saturated carbocycles. The van der Waals surface area contributed by atoms with Gasteiger partial charge in [0.1, 0.15) is 18.4 Å². The summed E-state index contributed by atoms with van der Waals surface area (Å²) in [4.78, 5) is 32.5. The van der Waals surface area contributed by atoms with E-state index in [0.717, 1.165) is 4.68 Å². The Morgan fingerprint density at radius 2 is 2.04 bits per heavy atom. The van der Waals surface area contributed by atoms with Crippen LogP contribution in [0.2, 0.25) is 0 Å². The Morgan fingerprint density at radius 3 is 2.72 bits per heavy atom. The molecule has 0 aliphatic rings. The Kier molecular flexibility index (Phi) is 4.84.